The first-order chi connectivity index (χ1) is 12.9. The summed E-state index contributed by atoms with van der Waals surface area (Å²) in [6.45, 7) is 0.574. The minimum atomic E-state index is -0.717. The Kier molecular flexibility index (Phi) is 7.19. The fraction of sp³-hybridized carbons (Fsp3) is 0.211. The van der Waals surface area contributed by atoms with E-state index in [1.165, 1.54) is 26.2 Å². The molecule has 27 heavy (non-hydrogen) atoms. The first kappa shape index (κ1) is 20.3. The summed E-state index contributed by atoms with van der Waals surface area (Å²) >= 11 is 5.97. The zero-order valence-corrected chi connectivity index (χ0v) is 15.5. The van der Waals surface area contributed by atoms with E-state index in [1.54, 1.807) is 30.3 Å². The van der Waals surface area contributed by atoms with E-state index in [0.717, 1.165) is 0 Å². The van der Waals surface area contributed by atoms with Crippen molar-refractivity contribution in [3.63, 3.8) is 0 Å². The Morgan fingerprint density at radius 3 is 2.52 bits per heavy atom. The second-order valence-electron chi connectivity index (χ2n) is 5.43. The largest absolute Gasteiger partial charge is 0.495 e. The molecule has 0 fully saturated rings. The Morgan fingerprint density at radius 1 is 1.07 bits per heavy atom. The Bertz CT molecular complexity index is 852. The van der Waals surface area contributed by atoms with Crippen molar-refractivity contribution in [2.24, 2.45) is 0 Å². The van der Waals surface area contributed by atoms with E-state index in [4.69, 9.17) is 25.8 Å². The number of Topliss-reactive ketones (excluding diaryl/α,β-unsaturated/α-hetero) is 1. The van der Waals surface area contributed by atoms with Crippen molar-refractivity contribution in [3.8, 4) is 11.5 Å². The highest BCUT2D eigenvalue weighted by molar-refractivity contribution is 6.32. The van der Waals surface area contributed by atoms with Gasteiger partial charge in [0.2, 0.25) is 0 Å². The molecule has 7 nitrogen and oxygen atoms in total. The van der Waals surface area contributed by atoms with Crippen LogP contribution in [0.4, 0.5) is 5.69 Å². The number of nitrogens with one attached hydrogen (secondary N) is 1. The van der Waals surface area contributed by atoms with E-state index < -0.39 is 18.5 Å². The summed E-state index contributed by atoms with van der Waals surface area (Å²) in [5, 5.41) is 2.89. The van der Waals surface area contributed by atoms with Crippen molar-refractivity contribution in [2.45, 2.75) is 6.92 Å². The number of ketones is 1. The second kappa shape index (κ2) is 9.59. The number of benzene rings is 2. The van der Waals surface area contributed by atoms with E-state index in [0.29, 0.717) is 27.8 Å². The predicted molar refractivity (Wildman–Crippen MR) is 99.5 cm³/mol. The number of esters is 1. The van der Waals surface area contributed by atoms with E-state index in [9.17, 15) is 14.4 Å². The van der Waals surface area contributed by atoms with Gasteiger partial charge in [0.25, 0.3) is 5.91 Å². The molecule has 0 aromatic heterocycles. The molecule has 0 aliphatic heterocycles. The van der Waals surface area contributed by atoms with Gasteiger partial charge in [-0.2, -0.15) is 0 Å². The van der Waals surface area contributed by atoms with Gasteiger partial charge in [-0.3, -0.25) is 9.59 Å². The van der Waals surface area contributed by atoms with Crippen LogP contribution in [0.2, 0.25) is 5.02 Å². The summed E-state index contributed by atoms with van der Waals surface area (Å²) in [4.78, 5) is 34.8. The highest BCUT2D eigenvalue weighted by atomic mass is 35.5. The van der Waals surface area contributed by atoms with Crippen molar-refractivity contribution >= 4 is 34.9 Å². The molecule has 0 spiro atoms. The summed E-state index contributed by atoms with van der Waals surface area (Å²) < 4.78 is 15.1. The summed E-state index contributed by atoms with van der Waals surface area (Å²) in [6.07, 6.45) is 0. The Balaban J connectivity index is 1.78. The van der Waals surface area contributed by atoms with Gasteiger partial charge in [0.15, 0.2) is 19.0 Å². The summed E-state index contributed by atoms with van der Waals surface area (Å²) in [7, 11) is 1.48. The number of amides is 1. The maximum atomic E-state index is 11.8. The highest BCUT2D eigenvalue weighted by Crippen LogP contribution is 2.27. The molecule has 2 aromatic carbocycles. The molecule has 0 saturated heterocycles. The molecule has 0 atom stereocenters. The van der Waals surface area contributed by atoms with Crippen LogP contribution in [-0.4, -0.2) is 38.0 Å². The van der Waals surface area contributed by atoms with Crippen LogP contribution >= 0.6 is 11.6 Å². The van der Waals surface area contributed by atoms with Gasteiger partial charge in [0.05, 0.1) is 12.1 Å². The van der Waals surface area contributed by atoms with E-state index in [-0.39, 0.29) is 12.4 Å². The second-order valence-corrected chi connectivity index (χ2v) is 5.84. The fourth-order valence-corrected chi connectivity index (χ4v) is 2.33. The van der Waals surface area contributed by atoms with E-state index in [2.05, 4.69) is 5.32 Å². The Hall–Kier alpha value is -3.06. The summed E-state index contributed by atoms with van der Waals surface area (Å²) in [5.41, 5.74) is 0.914. The standard InChI is InChI=1S/C19H18ClNO6/c1-12(22)13-4-3-5-15(8-13)26-11-19(24)27-10-18(23)21-14-6-7-17(25-2)16(20)9-14/h3-9H,10-11H2,1-2H3,(H,21,23). The van der Waals surface area contributed by atoms with Crippen molar-refractivity contribution in [1.29, 1.82) is 0 Å². The lowest BCUT2D eigenvalue weighted by Gasteiger charge is -2.09. The molecule has 1 N–H and O–H groups in total. The lowest BCUT2D eigenvalue weighted by atomic mass is 10.1. The predicted octanol–water partition coefficient (Wildman–Crippen LogP) is 3.11. The monoisotopic (exact) mass is 391 g/mol. The molecule has 2 rings (SSSR count). The van der Waals surface area contributed by atoms with Gasteiger partial charge in [0, 0.05) is 11.3 Å². The molecule has 0 unspecified atom stereocenters. The number of halogens is 1. The van der Waals surface area contributed by atoms with Crippen molar-refractivity contribution in [3.05, 3.63) is 53.1 Å². The number of carbonyl (C=O) groups is 3. The molecule has 8 heteroatoms. The maximum Gasteiger partial charge on any atom is 0.344 e. The van der Waals surface area contributed by atoms with E-state index >= 15 is 0 Å². The van der Waals surface area contributed by atoms with Gasteiger partial charge in [0.1, 0.15) is 11.5 Å². The van der Waals surface area contributed by atoms with Crippen LogP contribution in [0, 0.1) is 0 Å². The van der Waals surface area contributed by atoms with Gasteiger partial charge in [-0.1, -0.05) is 23.7 Å². The quantitative estimate of drug-likeness (QED) is 0.549. The smallest absolute Gasteiger partial charge is 0.344 e. The first-order valence-electron chi connectivity index (χ1n) is 7.92. The number of ether oxygens (including phenoxy) is 3. The van der Waals surface area contributed by atoms with Gasteiger partial charge < -0.3 is 19.5 Å². The van der Waals surface area contributed by atoms with Crippen LogP contribution in [-0.2, 0) is 14.3 Å². The molecule has 0 aliphatic carbocycles. The van der Waals surface area contributed by atoms with Crippen molar-refractivity contribution in [1.82, 2.24) is 0 Å². The lowest BCUT2D eigenvalue weighted by Crippen LogP contribution is -2.23. The average molecular weight is 392 g/mol. The van der Waals surface area contributed by atoms with E-state index in [1.807, 2.05) is 0 Å². The molecule has 0 bridgehead atoms. The zero-order chi connectivity index (χ0) is 19.8. The Morgan fingerprint density at radius 2 is 1.85 bits per heavy atom. The van der Waals surface area contributed by atoms with Crippen molar-refractivity contribution < 1.29 is 28.6 Å². The third kappa shape index (κ3) is 6.31. The highest BCUT2D eigenvalue weighted by Gasteiger charge is 2.10. The normalized spacial score (nSPS) is 10.0. The van der Waals surface area contributed by atoms with Crippen LogP contribution in [0.25, 0.3) is 0 Å². The number of hydrogen-bond donors (Lipinski definition) is 1. The van der Waals surface area contributed by atoms with Crippen molar-refractivity contribution in [2.75, 3.05) is 25.6 Å². The molecule has 0 radical (unpaired) electrons. The average Bonchev–Trinajstić information content (AvgIpc) is 2.65. The number of hydrogen-bond acceptors (Lipinski definition) is 6. The van der Waals surface area contributed by atoms with Crippen LogP contribution in [0.5, 0.6) is 11.5 Å². The number of rotatable bonds is 8. The van der Waals surface area contributed by atoms with Crippen LogP contribution in [0.15, 0.2) is 42.5 Å². The third-order valence-corrected chi connectivity index (χ3v) is 3.69. The van der Waals surface area contributed by atoms with Crippen LogP contribution in [0.3, 0.4) is 0 Å². The number of methoxy groups -OCH3 is 1. The molecule has 0 heterocycles. The molecule has 0 aliphatic rings. The third-order valence-electron chi connectivity index (χ3n) is 3.40. The van der Waals surface area contributed by atoms with Gasteiger partial charge in [-0.05, 0) is 37.3 Å². The topological polar surface area (TPSA) is 90.9 Å². The van der Waals surface area contributed by atoms with Gasteiger partial charge in [-0.15, -0.1) is 0 Å². The molecular weight excluding hydrogens is 374 g/mol. The SMILES string of the molecule is COc1ccc(NC(=O)COC(=O)COc2cccc(C(C)=O)c2)cc1Cl. The summed E-state index contributed by atoms with van der Waals surface area (Å²) in [6, 6.07) is 11.2. The Labute approximate surface area is 161 Å². The molecule has 0 saturated carbocycles. The van der Waals surface area contributed by atoms with Crippen LogP contribution in [0.1, 0.15) is 17.3 Å². The minimum Gasteiger partial charge on any atom is -0.495 e. The molecule has 1 amide bonds. The molecule has 142 valence electrons. The lowest BCUT2D eigenvalue weighted by molar-refractivity contribution is -0.149. The summed E-state index contributed by atoms with van der Waals surface area (Å²) in [5.74, 6) is -0.517. The molecular formula is C19H18ClNO6. The molecule has 2 aromatic rings. The first-order valence-corrected chi connectivity index (χ1v) is 8.29. The minimum absolute atomic E-state index is 0.113. The van der Waals surface area contributed by atoms with Gasteiger partial charge >= 0.3 is 5.97 Å². The fourth-order valence-electron chi connectivity index (χ4n) is 2.08. The zero-order valence-electron chi connectivity index (χ0n) is 14.8. The maximum absolute atomic E-state index is 11.8. The number of carbonyl (C=O) groups excluding carboxylic acids is 3. The number of anilines is 1. The van der Waals surface area contributed by atoms with Gasteiger partial charge in [-0.25, -0.2) is 4.79 Å². The van der Waals surface area contributed by atoms with Crippen LogP contribution < -0.4 is 14.8 Å².